The molecule has 3 aromatic heterocycles. The Kier molecular flexibility index (Phi) is 6.38. The molecule has 5 nitrogen and oxygen atoms in total. The van der Waals surface area contributed by atoms with Crippen molar-refractivity contribution in [3.8, 4) is 62.1 Å². The second kappa shape index (κ2) is 11.8. The average Bonchev–Trinajstić information content (AvgIpc) is 3.82. The largest absolute Gasteiger partial charge is 0.455 e. The Bertz CT molecular complexity index is 3670. The lowest BCUT2D eigenvalue weighted by molar-refractivity contribution is 0.673. The molecule has 0 N–H and O–H groups in total. The minimum Gasteiger partial charge on any atom is -0.455 e. The molecule has 58 heavy (non-hydrogen) atoms. The second-order valence-electron chi connectivity index (χ2n) is 15.1. The first-order valence-corrected chi connectivity index (χ1v) is 19.6. The maximum Gasteiger partial charge on any atom is 0.164 e. The van der Waals surface area contributed by atoms with Crippen molar-refractivity contribution in [1.29, 1.82) is 0 Å². The summed E-state index contributed by atoms with van der Waals surface area (Å²) in [6, 6.07) is 64.2. The zero-order valence-electron chi connectivity index (χ0n) is 31.0. The number of benzene rings is 9. The molecule has 0 radical (unpaired) electrons. The van der Waals surface area contributed by atoms with Crippen molar-refractivity contribution in [2.75, 3.05) is 0 Å². The lowest BCUT2D eigenvalue weighted by Crippen LogP contribution is -2.00. The van der Waals surface area contributed by atoms with Gasteiger partial charge < -0.3 is 8.98 Å². The molecule has 0 bridgehead atoms. The zero-order chi connectivity index (χ0) is 37.9. The molecule has 268 valence electrons. The smallest absolute Gasteiger partial charge is 0.164 e. The van der Waals surface area contributed by atoms with E-state index in [0.29, 0.717) is 17.5 Å². The maximum atomic E-state index is 6.83. The van der Waals surface area contributed by atoms with Crippen LogP contribution in [0, 0.1) is 0 Å². The lowest BCUT2D eigenvalue weighted by atomic mass is 9.92. The predicted molar refractivity (Wildman–Crippen MR) is 237 cm³/mol. The average molecular weight is 739 g/mol. The molecule has 9 aromatic carbocycles. The fourth-order valence-corrected chi connectivity index (χ4v) is 9.41. The first-order chi connectivity index (χ1) is 28.8. The molecule has 5 heteroatoms. The van der Waals surface area contributed by atoms with Crippen LogP contribution >= 0.6 is 0 Å². The molecule has 0 fully saturated rings. The van der Waals surface area contributed by atoms with E-state index in [9.17, 15) is 0 Å². The summed E-state index contributed by atoms with van der Waals surface area (Å²) in [5.41, 5.74) is 12.9. The van der Waals surface area contributed by atoms with Gasteiger partial charge in [0.25, 0.3) is 0 Å². The molecule has 0 spiro atoms. The van der Waals surface area contributed by atoms with E-state index in [0.717, 1.165) is 66.1 Å². The number of furan rings is 1. The molecule has 1 aliphatic carbocycles. The third-order valence-corrected chi connectivity index (χ3v) is 12.0. The number of para-hydroxylation sites is 1. The van der Waals surface area contributed by atoms with Gasteiger partial charge in [-0.2, -0.15) is 0 Å². The van der Waals surface area contributed by atoms with E-state index in [2.05, 4.69) is 156 Å². The first-order valence-electron chi connectivity index (χ1n) is 19.6. The fourth-order valence-electron chi connectivity index (χ4n) is 9.41. The first kappa shape index (κ1) is 31.3. The van der Waals surface area contributed by atoms with Gasteiger partial charge in [-0.15, -0.1) is 0 Å². The van der Waals surface area contributed by atoms with E-state index in [1.807, 2.05) is 30.3 Å². The van der Waals surface area contributed by atoms with Crippen molar-refractivity contribution >= 4 is 65.3 Å². The third kappa shape index (κ3) is 4.38. The summed E-state index contributed by atoms with van der Waals surface area (Å²) in [6.07, 6.45) is 0. The van der Waals surface area contributed by atoms with Gasteiger partial charge >= 0.3 is 0 Å². The number of nitrogens with zero attached hydrogens (tertiary/aromatic N) is 4. The van der Waals surface area contributed by atoms with Crippen molar-refractivity contribution in [1.82, 2.24) is 19.5 Å². The molecule has 0 aliphatic heterocycles. The lowest BCUT2D eigenvalue weighted by Gasteiger charge is -2.15. The van der Waals surface area contributed by atoms with E-state index in [-0.39, 0.29) is 0 Å². The molecular formula is C53H30N4O. The molecule has 0 unspecified atom stereocenters. The van der Waals surface area contributed by atoms with Crippen molar-refractivity contribution in [2.45, 2.75) is 0 Å². The van der Waals surface area contributed by atoms with Crippen molar-refractivity contribution in [3.05, 3.63) is 182 Å². The Morgan fingerprint density at radius 2 is 0.966 bits per heavy atom. The number of hydrogen-bond acceptors (Lipinski definition) is 4. The summed E-state index contributed by atoms with van der Waals surface area (Å²) in [5, 5.41) is 9.40. The molecule has 0 amide bonds. The van der Waals surface area contributed by atoms with Crippen molar-refractivity contribution < 1.29 is 4.42 Å². The zero-order valence-corrected chi connectivity index (χ0v) is 31.0. The van der Waals surface area contributed by atoms with Crippen LogP contribution in [0.25, 0.3) is 127 Å². The second-order valence-corrected chi connectivity index (χ2v) is 15.1. The quantitative estimate of drug-likeness (QED) is 0.180. The highest BCUT2D eigenvalue weighted by molar-refractivity contribution is 6.39. The standard InChI is InChI=1S/C53H30N4O/c1-2-13-32(14-3-1)51-54-52(56-53(55-51)35-25-24-31-12-4-5-15-34(31)30-35)33-26-28-36(29-27-33)57-43-22-11-20-40-38-17-7-6-16-37(38)39-19-10-21-42-45(39)48(46(40)43)49(57)47-41-18-8-9-23-44(41)58-50(42)47/h1-30H. The SMILES string of the molecule is c1ccc(-c2nc(-c3ccc(-n4c5cccc6c5c5c7c(cccc7c7oc8ccccc8c7c54)-c4ccccc4-6)cc3)nc(-c3ccc4ccccc4c3)n2)cc1. The Morgan fingerprint density at radius 1 is 0.379 bits per heavy atom. The molecule has 1 aliphatic rings. The highest BCUT2D eigenvalue weighted by Gasteiger charge is 2.29. The van der Waals surface area contributed by atoms with E-state index in [1.54, 1.807) is 0 Å². The summed E-state index contributed by atoms with van der Waals surface area (Å²) in [7, 11) is 0. The van der Waals surface area contributed by atoms with Gasteiger partial charge in [0.15, 0.2) is 17.5 Å². The van der Waals surface area contributed by atoms with Crippen LogP contribution in [0.1, 0.15) is 0 Å². The van der Waals surface area contributed by atoms with Gasteiger partial charge in [-0.05, 0) is 75.5 Å². The Balaban J connectivity index is 1.08. The summed E-state index contributed by atoms with van der Waals surface area (Å²) >= 11 is 0. The third-order valence-electron chi connectivity index (χ3n) is 12.0. The van der Waals surface area contributed by atoms with E-state index in [4.69, 9.17) is 19.4 Å². The summed E-state index contributed by atoms with van der Waals surface area (Å²) in [6.45, 7) is 0. The van der Waals surface area contributed by atoms with Crippen molar-refractivity contribution in [3.63, 3.8) is 0 Å². The normalized spacial score (nSPS) is 12.1. The number of aromatic nitrogens is 4. The minimum absolute atomic E-state index is 0.623. The van der Waals surface area contributed by atoms with Crippen LogP contribution in [-0.2, 0) is 0 Å². The van der Waals surface area contributed by atoms with Crippen LogP contribution in [-0.4, -0.2) is 19.5 Å². The van der Waals surface area contributed by atoms with Gasteiger partial charge in [-0.25, -0.2) is 15.0 Å². The molecule has 0 saturated heterocycles. The van der Waals surface area contributed by atoms with Crippen LogP contribution < -0.4 is 0 Å². The van der Waals surface area contributed by atoms with E-state index >= 15 is 0 Å². The Hall–Kier alpha value is -7.89. The minimum atomic E-state index is 0.623. The molecule has 3 heterocycles. The molecule has 0 saturated carbocycles. The van der Waals surface area contributed by atoms with Gasteiger partial charge in [0, 0.05) is 49.3 Å². The number of hydrogen-bond donors (Lipinski definition) is 0. The fraction of sp³-hybridized carbons (Fsp3) is 0. The van der Waals surface area contributed by atoms with Crippen molar-refractivity contribution in [2.24, 2.45) is 0 Å². The van der Waals surface area contributed by atoms with Crippen LogP contribution in [0.5, 0.6) is 0 Å². The summed E-state index contributed by atoms with van der Waals surface area (Å²) in [4.78, 5) is 15.2. The Labute approximate surface area is 332 Å². The molecule has 13 rings (SSSR count). The van der Waals surface area contributed by atoms with E-state index in [1.165, 1.54) is 43.8 Å². The van der Waals surface area contributed by atoms with Gasteiger partial charge in [-0.3, -0.25) is 0 Å². The van der Waals surface area contributed by atoms with Crippen LogP contribution in [0.3, 0.4) is 0 Å². The highest BCUT2D eigenvalue weighted by Crippen LogP contribution is 2.53. The van der Waals surface area contributed by atoms with Gasteiger partial charge in [0.2, 0.25) is 0 Å². The Morgan fingerprint density at radius 3 is 1.76 bits per heavy atom. The van der Waals surface area contributed by atoms with E-state index < -0.39 is 0 Å². The molecular weight excluding hydrogens is 709 g/mol. The molecule has 0 atom stereocenters. The molecule has 12 aromatic rings. The van der Waals surface area contributed by atoms with Crippen LogP contribution in [0.2, 0.25) is 0 Å². The monoisotopic (exact) mass is 738 g/mol. The predicted octanol–water partition coefficient (Wildman–Crippen LogP) is 13.8. The summed E-state index contributed by atoms with van der Waals surface area (Å²) in [5.74, 6) is 1.90. The van der Waals surface area contributed by atoms with Crippen LogP contribution in [0.15, 0.2) is 186 Å². The number of fused-ring (bicyclic) bond motifs is 9. The maximum absolute atomic E-state index is 6.83. The number of rotatable bonds is 4. The van der Waals surface area contributed by atoms with Gasteiger partial charge in [-0.1, -0.05) is 140 Å². The summed E-state index contributed by atoms with van der Waals surface area (Å²) < 4.78 is 9.27. The van der Waals surface area contributed by atoms with Gasteiger partial charge in [0.05, 0.1) is 16.4 Å². The van der Waals surface area contributed by atoms with Crippen LogP contribution in [0.4, 0.5) is 0 Å². The topological polar surface area (TPSA) is 56.7 Å². The van der Waals surface area contributed by atoms with Gasteiger partial charge in [0.1, 0.15) is 11.2 Å². The highest BCUT2D eigenvalue weighted by atomic mass is 16.3.